The summed E-state index contributed by atoms with van der Waals surface area (Å²) < 4.78 is 30.8. The van der Waals surface area contributed by atoms with Crippen LogP contribution >= 0.6 is 0 Å². The minimum Gasteiger partial charge on any atom is -0.497 e. The van der Waals surface area contributed by atoms with E-state index >= 15 is 0 Å². The number of benzene rings is 1. The lowest BCUT2D eigenvalue weighted by atomic mass is 9.49. The molecule has 6 heteroatoms. The third-order valence-corrected chi connectivity index (χ3v) is 9.56. The Morgan fingerprint density at radius 2 is 1.52 bits per heavy atom. The van der Waals surface area contributed by atoms with Crippen molar-refractivity contribution < 1.29 is 17.9 Å². The molecule has 5 aliphatic rings. The number of likely N-dealkylation sites (tertiary alicyclic amines) is 1. The molecule has 0 aromatic heterocycles. The number of ether oxygens (including phenoxy) is 1. The molecule has 0 radical (unpaired) electrons. The van der Waals surface area contributed by atoms with Gasteiger partial charge in [-0.05, 0) is 80.5 Å². The normalized spacial score (nSPS) is 35.1. The van der Waals surface area contributed by atoms with E-state index in [1.165, 1.54) is 19.3 Å². The highest BCUT2D eigenvalue weighted by Gasteiger charge is 2.57. The third kappa shape index (κ3) is 2.71. The summed E-state index contributed by atoms with van der Waals surface area (Å²) in [6.07, 6.45) is 7.02. The zero-order chi connectivity index (χ0) is 18.8. The molecule has 0 spiro atoms. The van der Waals surface area contributed by atoms with Crippen molar-refractivity contribution in [1.29, 1.82) is 0 Å². The maximum atomic E-state index is 13.3. The Morgan fingerprint density at radius 1 is 1.00 bits per heavy atom. The number of carbonyl (C=O) groups is 1. The van der Waals surface area contributed by atoms with E-state index in [9.17, 15) is 13.2 Å². The van der Waals surface area contributed by atoms with Gasteiger partial charge in [0.05, 0.1) is 17.4 Å². The zero-order valence-corrected chi connectivity index (χ0v) is 16.6. The van der Waals surface area contributed by atoms with E-state index in [-0.39, 0.29) is 11.3 Å². The highest BCUT2D eigenvalue weighted by atomic mass is 32.2. The van der Waals surface area contributed by atoms with Crippen LogP contribution < -0.4 is 4.74 Å². The Balaban J connectivity index is 1.28. The number of amides is 1. The fourth-order valence-corrected chi connectivity index (χ4v) is 8.12. The minimum atomic E-state index is -3.40. The van der Waals surface area contributed by atoms with Crippen LogP contribution in [0.4, 0.5) is 0 Å². The molecule has 1 heterocycles. The lowest BCUT2D eigenvalue weighted by Crippen LogP contribution is -2.63. The largest absolute Gasteiger partial charge is 0.497 e. The summed E-state index contributed by atoms with van der Waals surface area (Å²) in [6, 6.07) is 6.53. The number of hydrogen-bond acceptors (Lipinski definition) is 4. The van der Waals surface area contributed by atoms with E-state index in [2.05, 4.69) is 0 Å². The summed E-state index contributed by atoms with van der Waals surface area (Å²) in [7, 11) is -1.84. The van der Waals surface area contributed by atoms with Gasteiger partial charge in [-0.2, -0.15) is 0 Å². The standard InChI is InChI=1S/C21H27NO4S/c1-26-17-2-4-18(5-3-17)27(24,25)19-12-22(13-19)20(23)21-9-14-6-15(10-21)8-16(7-14)11-21/h2-5,14-16,19H,6-13H2,1H3. The summed E-state index contributed by atoms with van der Waals surface area (Å²) in [5.41, 5.74) is -0.177. The SMILES string of the molecule is COc1ccc(S(=O)(=O)C2CN(C(=O)C34CC5CC(CC(C5)C3)C4)C2)cc1. The second-order valence-corrected chi connectivity index (χ2v) is 11.5. The number of nitrogens with zero attached hydrogens (tertiary/aromatic N) is 1. The molecule has 5 nitrogen and oxygen atoms in total. The van der Waals surface area contributed by atoms with E-state index in [4.69, 9.17) is 4.74 Å². The summed E-state index contributed by atoms with van der Waals surface area (Å²) in [6.45, 7) is 0.684. The minimum absolute atomic E-state index is 0.177. The molecule has 4 bridgehead atoms. The van der Waals surface area contributed by atoms with Crippen LogP contribution in [0.5, 0.6) is 5.75 Å². The second kappa shape index (κ2) is 5.97. The third-order valence-electron chi connectivity index (χ3n) is 7.45. The molecule has 1 aromatic rings. The van der Waals surface area contributed by atoms with Crippen molar-refractivity contribution >= 4 is 15.7 Å². The number of sulfone groups is 1. The summed E-state index contributed by atoms with van der Waals surface area (Å²) in [4.78, 5) is 15.4. The average Bonchev–Trinajstić information content (AvgIpc) is 2.59. The zero-order valence-electron chi connectivity index (χ0n) is 15.8. The van der Waals surface area contributed by atoms with Gasteiger partial charge in [0.1, 0.15) is 11.0 Å². The van der Waals surface area contributed by atoms with E-state index < -0.39 is 15.1 Å². The van der Waals surface area contributed by atoms with Gasteiger partial charge in [0, 0.05) is 13.1 Å². The van der Waals surface area contributed by atoms with Gasteiger partial charge < -0.3 is 9.64 Å². The highest BCUT2D eigenvalue weighted by molar-refractivity contribution is 7.92. The first-order valence-electron chi connectivity index (χ1n) is 10.1. The van der Waals surface area contributed by atoms with E-state index in [1.54, 1.807) is 31.4 Å². The molecule has 0 atom stereocenters. The number of rotatable bonds is 4. The Bertz CT molecular complexity index is 819. The lowest BCUT2D eigenvalue weighted by Gasteiger charge is -2.57. The second-order valence-electron chi connectivity index (χ2n) is 9.25. The smallest absolute Gasteiger partial charge is 0.228 e. The van der Waals surface area contributed by atoms with E-state index in [0.717, 1.165) is 37.0 Å². The van der Waals surface area contributed by atoms with Crippen molar-refractivity contribution in [1.82, 2.24) is 4.90 Å². The molecule has 1 saturated heterocycles. The molecule has 4 saturated carbocycles. The lowest BCUT2D eigenvalue weighted by molar-refractivity contribution is -0.161. The maximum absolute atomic E-state index is 13.3. The van der Waals surface area contributed by atoms with Crippen molar-refractivity contribution in [3.8, 4) is 5.75 Å². The van der Waals surface area contributed by atoms with Crippen LogP contribution in [0.3, 0.4) is 0 Å². The molecule has 1 aliphatic heterocycles. The van der Waals surface area contributed by atoms with Gasteiger partial charge in [-0.15, -0.1) is 0 Å². The van der Waals surface area contributed by atoms with Crippen molar-refractivity contribution in [3.63, 3.8) is 0 Å². The monoisotopic (exact) mass is 389 g/mol. The molecule has 0 N–H and O–H groups in total. The van der Waals surface area contributed by atoms with Gasteiger partial charge in [0.2, 0.25) is 5.91 Å². The van der Waals surface area contributed by atoms with Crippen LogP contribution in [-0.4, -0.2) is 44.7 Å². The molecule has 4 aliphatic carbocycles. The molecular weight excluding hydrogens is 362 g/mol. The van der Waals surface area contributed by atoms with Crippen molar-refractivity contribution in [3.05, 3.63) is 24.3 Å². The summed E-state index contributed by atoms with van der Waals surface area (Å²) in [5, 5.41) is -0.483. The van der Waals surface area contributed by atoms with E-state index in [1.807, 2.05) is 4.90 Å². The quantitative estimate of drug-likeness (QED) is 0.794. The summed E-state index contributed by atoms with van der Waals surface area (Å²) in [5.74, 6) is 3.05. The fourth-order valence-electron chi connectivity index (χ4n) is 6.47. The molecule has 1 amide bonds. The Hall–Kier alpha value is -1.56. The Kier molecular flexibility index (Phi) is 3.87. The predicted molar refractivity (Wildman–Crippen MR) is 101 cm³/mol. The maximum Gasteiger partial charge on any atom is 0.228 e. The van der Waals surface area contributed by atoms with Crippen LogP contribution in [0.15, 0.2) is 29.2 Å². The number of methoxy groups -OCH3 is 1. The first-order chi connectivity index (χ1) is 12.9. The topological polar surface area (TPSA) is 63.7 Å². The van der Waals surface area contributed by atoms with Gasteiger partial charge in [-0.1, -0.05) is 0 Å². The van der Waals surface area contributed by atoms with Gasteiger partial charge in [0.25, 0.3) is 0 Å². The molecule has 6 rings (SSSR count). The molecule has 5 fully saturated rings. The molecule has 146 valence electrons. The van der Waals surface area contributed by atoms with Gasteiger partial charge in [-0.25, -0.2) is 8.42 Å². The predicted octanol–water partition coefficient (Wildman–Crippen LogP) is 2.90. The Labute approximate surface area is 161 Å². The molecule has 27 heavy (non-hydrogen) atoms. The van der Waals surface area contributed by atoms with Crippen LogP contribution in [0.1, 0.15) is 38.5 Å². The van der Waals surface area contributed by atoms with Crippen LogP contribution in [0, 0.1) is 23.2 Å². The number of hydrogen-bond donors (Lipinski definition) is 0. The fraction of sp³-hybridized carbons (Fsp3) is 0.667. The van der Waals surface area contributed by atoms with Gasteiger partial charge in [0.15, 0.2) is 9.84 Å². The first kappa shape index (κ1) is 17.5. The number of carbonyl (C=O) groups excluding carboxylic acids is 1. The first-order valence-corrected chi connectivity index (χ1v) is 11.6. The van der Waals surface area contributed by atoms with Crippen molar-refractivity contribution in [2.24, 2.45) is 23.2 Å². The average molecular weight is 390 g/mol. The Morgan fingerprint density at radius 3 is 2.00 bits per heavy atom. The molecule has 1 aromatic carbocycles. The van der Waals surface area contributed by atoms with Crippen LogP contribution in [0.2, 0.25) is 0 Å². The van der Waals surface area contributed by atoms with E-state index in [0.29, 0.717) is 23.7 Å². The van der Waals surface area contributed by atoms with Gasteiger partial charge >= 0.3 is 0 Å². The van der Waals surface area contributed by atoms with Crippen molar-refractivity contribution in [2.45, 2.75) is 48.7 Å². The van der Waals surface area contributed by atoms with Crippen LogP contribution in [0.25, 0.3) is 0 Å². The molecule has 0 unspecified atom stereocenters. The molecular formula is C21H27NO4S. The van der Waals surface area contributed by atoms with Gasteiger partial charge in [-0.3, -0.25) is 4.79 Å². The van der Waals surface area contributed by atoms with Crippen molar-refractivity contribution in [2.75, 3.05) is 20.2 Å². The summed E-state index contributed by atoms with van der Waals surface area (Å²) >= 11 is 0. The highest BCUT2D eigenvalue weighted by Crippen LogP contribution is 2.60. The van der Waals surface area contributed by atoms with Crippen LogP contribution in [-0.2, 0) is 14.6 Å².